The van der Waals surface area contributed by atoms with E-state index in [0.717, 1.165) is 24.3 Å². The minimum Gasteiger partial charge on any atom is -0.479 e. The first-order valence-corrected chi connectivity index (χ1v) is 31.4. The second kappa shape index (κ2) is 31.3. The molecule has 47 nitrogen and oxygen atoms in total. The second-order valence-electron chi connectivity index (χ2n) is 21.5. The highest BCUT2D eigenvalue weighted by Crippen LogP contribution is 2.39. The van der Waals surface area contributed by atoms with Crippen molar-refractivity contribution in [3.63, 3.8) is 0 Å². The number of hydrogen-bond donors (Lipinski definition) is 21. The predicted octanol–water partition coefficient (Wildman–Crippen LogP) is -12.5. The van der Waals surface area contributed by atoms with Crippen LogP contribution in [-0.2, 0) is 106 Å². The summed E-state index contributed by atoms with van der Waals surface area (Å²) in [6, 6.07) is -4.20. The number of aliphatic hydroxyl groups is 12. The smallest absolute Gasteiger partial charge is 0.471 e. The molecule has 6 fully saturated rings. The second-order valence-corrected chi connectivity index (χ2v) is 24.9. The standard InChI is InChI=1S/C44H61F3N4O43S3/c45-44(46,47)43(70)48-13-17(56)16(55)10(5-52)83-37(13)88-27-21(60)23(62)41(92-32(27)35(66)67)86-25-11(6-53)84-39(14(18(25)57)49-95(73,74)75)90-29-24(63)30(94-97(79,80)81)42(93-33(29)36(68)69)87-26-12(7-54)85-38(15(19(26)58)50-96(76,77)78)89-28-20(59)22(61)40(91-31(28)34(64)65)82-9-3-1-8(2-4-9)51(71)72/h1-4,10-33,37-42,49-50,52-63H,5-7H2,(H,48,70)(H,64,65)(H,66,67)(H,68,69)(H,73,74,75)(H,76,77,78)(H,79,80,81)/t10-,11-,12-,13-,14-,15-,16-,17-,18-,19-,20-,21-,22-,23-,24+,25-,26-,27+,28+,29+,30-,31+,32+,33-,37-,38-,39-,40-,41-,42-/m1/s1. The van der Waals surface area contributed by atoms with E-state index < -0.39 is 275 Å². The number of amides is 1. The Balaban J connectivity index is 1.12. The molecule has 6 heterocycles. The predicted molar refractivity (Wildman–Crippen MR) is 280 cm³/mol. The van der Waals surface area contributed by atoms with E-state index in [1.54, 1.807) is 0 Å². The fraction of sp³-hybridized carbons (Fsp3) is 0.773. The Morgan fingerprint density at radius 1 is 0.474 bits per heavy atom. The number of hydrogen-bond acceptors (Lipinski definition) is 37. The van der Waals surface area contributed by atoms with Crippen LogP contribution in [0.2, 0.25) is 0 Å². The van der Waals surface area contributed by atoms with Gasteiger partial charge in [-0.15, -0.1) is 0 Å². The van der Waals surface area contributed by atoms with Crippen molar-refractivity contribution in [3.05, 3.63) is 34.4 Å². The highest BCUT2D eigenvalue weighted by Gasteiger charge is 2.61. The number of aliphatic hydroxyl groups excluding tert-OH is 12. The van der Waals surface area contributed by atoms with Crippen molar-refractivity contribution in [1.29, 1.82) is 0 Å². The molecule has 7 rings (SSSR count). The summed E-state index contributed by atoms with van der Waals surface area (Å²) in [5.41, 5.74) is -0.456. The van der Waals surface area contributed by atoms with Gasteiger partial charge in [0, 0.05) is 12.1 Å². The zero-order valence-electron chi connectivity index (χ0n) is 47.8. The van der Waals surface area contributed by atoms with E-state index in [1.807, 2.05) is 0 Å². The molecule has 6 aliphatic rings. The number of nitrogens with zero attached hydrogens (tertiary/aromatic N) is 1. The van der Waals surface area contributed by atoms with Gasteiger partial charge in [0.1, 0.15) is 128 Å². The van der Waals surface area contributed by atoms with Gasteiger partial charge in [-0.25, -0.2) is 18.6 Å². The van der Waals surface area contributed by atoms with Crippen molar-refractivity contribution in [2.75, 3.05) is 19.8 Å². The number of carbonyl (C=O) groups is 4. The van der Waals surface area contributed by atoms with Gasteiger partial charge in [-0.1, -0.05) is 0 Å². The Labute approximate surface area is 537 Å². The number of non-ortho nitro benzene ring substituents is 1. The lowest BCUT2D eigenvalue weighted by Gasteiger charge is -2.50. The van der Waals surface area contributed by atoms with Crippen molar-refractivity contribution >= 4 is 60.5 Å². The molecule has 1 amide bonds. The van der Waals surface area contributed by atoms with Crippen LogP contribution < -0.4 is 19.5 Å². The number of benzene rings is 1. The number of carbonyl (C=O) groups excluding carboxylic acids is 1. The van der Waals surface area contributed by atoms with Gasteiger partial charge >= 0.3 is 61.0 Å². The average molecular weight is 1490 g/mol. The number of nitro benzene ring substituents is 1. The Morgan fingerprint density at radius 2 is 0.845 bits per heavy atom. The number of carboxylic acid groups (broad SMARTS) is 3. The third-order valence-electron chi connectivity index (χ3n) is 15.0. The SMILES string of the molecule is O=C(O)[C@H]1O[C@@H](Oc2ccc([N+](=O)[O-])cc2)[C@H](O)[C@@H](O)[C@@H]1O[C@H]1O[C@H](CO)[C@@H](O[C@@H]2O[C@@H](C(=O)O)[C@@H](O[C@H]3O[C@H](CO)[C@@H](O[C@@H]4O[C@H](C(=O)O)[C@@H](O[C@H]5O[C@H](CO)[C@@H](O)[C@H](O)[C@H]5NC(=O)C(F)(F)F)[C@H](O)[C@H]4O)[C@H](O)[C@H]3NS(=O)(=O)O)[C@H](O)[C@H]2OS(=O)(=O)O)[C@H](O)[C@H]1NS(=O)(=O)O. The van der Waals surface area contributed by atoms with E-state index in [2.05, 4.69) is 4.18 Å². The average Bonchev–Trinajstić information content (AvgIpc) is 0.768. The van der Waals surface area contributed by atoms with E-state index in [0.29, 0.717) is 0 Å². The highest BCUT2D eigenvalue weighted by molar-refractivity contribution is 7.84. The van der Waals surface area contributed by atoms with Crippen molar-refractivity contribution < 1.29 is 214 Å². The first-order valence-electron chi connectivity index (χ1n) is 27.2. The van der Waals surface area contributed by atoms with Crippen LogP contribution in [0, 0.1) is 10.1 Å². The molecule has 1 aromatic rings. The summed E-state index contributed by atoms with van der Waals surface area (Å²) < 4.78 is 216. The normalized spacial score (nSPS) is 40.9. The zero-order valence-corrected chi connectivity index (χ0v) is 50.3. The molecule has 6 saturated heterocycles. The van der Waals surface area contributed by atoms with Gasteiger partial charge in [0.25, 0.3) is 5.69 Å². The molecule has 0 aliphatic carbocycles. The minimum absolute atomic E-state index is 0.314. The fourth-order valence-corrected chi connectivity index (χ4v) is 12.2. The topological polar surface area (TPSA) is 734 Å². The lowest BCUT2D eigenvalue weighted by atomic mass is 9.94. The number of carboxylic acids is 3. The molecule has 0 aromatic heterocycles. The van der Waals surface area contributed by atoms with Crippen LogP contribution in [0.15, 0.2) is 24.3 Å². The van der Waals surface area contributed by atoms with Crippen LogP contribution in [0.1, 0.15) is 0 Å². The van der Waals surface area contributed by atoms with Gasteiger partial charge in [-0.05, 0) is 12.1 Å². The number of rotatable bonds is 26. The Morgan fingerprint density at radius 3 is 1.24 bits per heavy atom. The van der Waals surface area contributed by atoms with Gasteiger partial charge in [0.05, 0.1) is 24.7 Å². The molecule has 0 radical (unpaired) electrons. The van der Waals surface area contributed by atoms with Gasteiger partial charge in [-0.3, -0.25) is 28.6 Å². The first kappa shape index (κ1) is 79.1. The summed E-state index contributed by atoms with van der Waals surface area (Å²) in [5.74, 6) is -9.76. The van der Waals surface area contributed by atoms with Crippen molar-refractivity contribution in [2.45, 2.75) is 190 Å². The molecular weight excluding hydrogens is 1430 g/mol. The molecule has 0 unspecified atom stereocenters. The summed E-state index contributed by atoms with van der Waals surface area (Å²) >= 11 is 0. The summed E-state index contributed by atoms with van der Waals surface area (Å²) in [6.07, 6.45) is -76.7. The van der Waals surface area contributed by atoms with E-state index in [4.69, 9.17) is 56.8 Å². The van der Waals surface area contributed by atoms with Crippen molar-refractivity contribution in [3.8, 4) is 5.75 Å². The summed E-state index contributed by atoms with van der Waals surface area (Å²) in [6.45, 7) is -4.31. The Hall–Kier alpha value is -5.22. The van der Waals surface area contributed by atoms with Crippen LogP contribution >= 0.6 is 0 Å². The van der Waals surface area contributed by atoms with Crippen LogP contribution in [0.4, 0.5) is 18.9 Å². The van der Waals surface area contributed by atoms with Crippen molar-refractivity contribution in [2.24, 2.45) is 0 Å². The van der Waals surface area contributed by atoms with Crippen molar-refractivity contribution in [1.82, 2.24) is 14.8 Å². The van der Waals surface area contributed by atoms with E-state index in [1.165, 1.54) is 14.8 Å². The molecule has 97 heavy (non-hydrogen) atoms. The molecule has 6 aliphatic heterocycles. The molecule has 1 aromatic carbocycles. The molecule has 21 N–H and O–H groups in total. The molecule has 53 heteroatoms. The maximum atomic E-state index is 13.3. The number of nitrogens with one attached hydrogen (secondary N) is 3. The van der Waals surface area contributed by atoms with Gasteiger partial charge in [-0.2, -0.15) is 47.9 Å². The molecule has 0 spiro atoms. The number of nitro groups is 1. The van der Waals surface area contributed by atoms with Crippen LogP contribution in [-0.4, -0.2) is 354 Å². The summed E-state index contributed by atoms with van der Waals surface area (Å²) in [5, 5.41) is 174. The van der Waals surface area contributed by atoms with Crippen LogP contribution in [0.25, 0.3) is 0 Å². The summed E-state index contributed by atoms with van der Waals surface area (Å²) in [7, 11) is -17.6. The number of ether oxygens (including phenoxy) is 12. The van der Waals surface area contributed by atoms with Gasteiger partial charge in [0.15, 0.2) is 55.9 Å². The quantitative estimate of drug-likeness (QED) is 0.0233. The van der Waals surface area contributed by atoms with Gasteiger partial charge in [0.2, 0.25) is 6.29 Å². The van der Waals surface area contributed by atoms with Gasteiger partial charge < -0.3 is 139 Å². The Kier molecular flexibility index (Phi) is 25.6. The third-order valence-corrected chi connectivity index (χ3v) is 16.6. The number of aliphatic carboxylic acids is 3. The van der Waals surface area contributed by atoms with Crippen LogP contribution in [0.5, 0.6) is 5.75 Å². The molecular formula is C44H61F3N4O43S3. The Bertz CT molecular complexity index is 3280. The molecule has 0 bridgehead atoms. The maximum absolute atomic E-state index is 13.3. The molecule has 554 valence electrons. The molecule has 0 saturated carbocycles. The highest BCUT2D eigenvalue weighted by atomic mass is 32.3. The summed E-state index contributed by atoms with van der Waals surface area (Å²) in [4.78, 5) is 60.4. The minimum atomic E-state index is -6.07. The van der Waals surface area contributed by atoms with E-state index >= 15 is 0 Å². The fourth-order valence-electron chi connectivity index (χ4n) is 10.6. The van der Waals surface area contributed by atoms with E-state index in [9.17, 15) is 158 Å². The lowest BCUT2D eigenvalue weighted by Crippen LogP contribution is -2.71. The monoisotopic (exact) mass is 1490 g/mol. The first-order chi connectivity index (χ1) is 44.9. The lowest BCUT2D eigenvalue weighted by molar-refractivity contribution is -0.384. The number of halogens is 3. The molecule has 30 atom stereocenters. The van der Waals surface area contributed by atoms with E-state index in [-0.39, 0.29) is 5.75 Å². The zero-order chi connectivity index (χ0) is 72.6. The number of alkyl halides is 3. The maximum Gasteiger partial charge on any atom is 0.471 e. The largest absolute Gasteiger partial charge is 0.479 e. The third kappa shape index (κ3) is 18.7. The van der Waals surface area contributed by atoms with Crippen LogP contribution in [0.3, 0.4) is 0 Å².